The average molecular weight is 298 g/mol. The minimum atomic E-state index is 0.363. The Morgan fingerprint density at radius 1 is 1.10 bits per heavy atom. The number of halogens is 1. The molecule has 3 aromatic heterocycles. The van der Waals surface area contributed by atoms with Crippen molar-refractivity contribution in [1.29, 1.82) is 0 Å². The van der Waals surface area contributed by atoms with Gasteiger partial charge in [0.05, 0.1) is 11.2 Å². The SMILES string of the molecule is Nc1cc(Cl)nc2cc(C3CC3c3ncccn3)cnc12. The highest BCUT2D eigenvalue weighted by molar-refractivity contribution is 6.30. The molecule has 1 aliphatic rings. The van der Waals surface area contributed by atoms with E-state index in [9.17, 15) is 0 Å². The van der Waals surface area contributed by atoms with Gasteiger partial charge >= 0.3 is 0 Å². The number of nitrogens with two attached hydrogens (primary N) is 1. The maximum atomic E-state index is 5.96. The maximum Gasteiger partial charge on any atom is 0.131 e. The molecule has 4 rings (SSSR count). The number of hydrogen-bond acceptors (Lipinski definition) is 5. The number of hydrogen-bond donors (Lipinski definition) is 1. The summed E-state index contributed by atoms with van der Waals surface area (Å²) in [6.45, 7) is 0. The second-order valence-corrected chi connectivity index (χ2v) is 5.61. The molecule has 2 unspecified atom stereocenters. The van der Waals surface area contributed by atoms with Gasteiger partial charge in [-0.15, -0.1) is 0 Å². The molecule has 1 saturated carbocycles. The summed E-state index contributed by atoms with van der Waals surface area (Å²) in [5, 5.41) is 0.387. The number of nitrogens with zero attached hydrogens (tertiary/aromatic N) is 4. The van der Waals surface area contributed by atoms with Gasteiger partial charge in [0.2, 0.25) is 0 Å². The smallest absolute Gasteiger partial charge is 0.131 e. The van der Waals surface area contributed by atoms with E-state index in [1.165, 1.54) is 0 Å². The van der Waals surface area contributed by atoms with Gasteiger partial charge in [-0.2, -0.15) is 0 Å². The molecule has 3 heterocycles. The van der Waals surface area contributed by atoms with Crippen molar-refractivity contribution in [3.63, 3.8) is 0 Å². The Labute approximate surface area is 126 Å². The van der Waals surface area contributed by atoms with Crippen LogP contribution in [0.3, 0.4) is 0 Å². The van der Waals surface area contributed by atoms with Crippen LogP contribution in [0.25, 0.3) is 11.0 Å². The highest BCUT2D eigenvalue weighted by Crippen LogP contribution is 2.53. The van der Waals surface area contributed by atoms with E-state index < -0.39 is 0 Å². The molecule has 21 heavy (non-hydrogen) atoms. The van der Waals surface area contributed by atoms with Crippen LogP contribution in [0, 0.1) is 0 Å². The molecule has 3 aromatic rings. The second kappa shape index (κ2) is 4.63. The van der Waals surface area contributed by atoms with Crippen LogP contribution in [0.5, 0.6) is 0 Å². The molecule has 6 heteroatoms. The number of anilines is 1. The summed E-state index contributed by atoms with van der Waals surface area (Å²) in [7, 11) is 0. The molecule has 2 N–H and O–H groups in total. The fourth-order valence-corrected chi connectivity index (χ4v) is 2.88. The van der Waals surface area contributed by atoms with Crippen LogP contribution in [0.1, 0.15) is 29.6 Å². The van der Waals surface area contributed by atoms with E-state index in [1.54, 1.807) is 18.5 Å². The Bertz CT molecular complexity index is 821. The maximum absolute atomic E-state index is 5.96. The van der Waals surface area contributed by atoms with Crippen LogP contribution in [0.4, 0.5) is 5.69 Å². The van der Waals surface area contributed by atoms with E-state index in [2.05, 4.69) is 19.9 Å². The summed E-state index contributed by atoms with van der Waals surface area (Å²) in [5.41, 5.74) is 9.02. The molecule has 0 radical (unpaired) electrons. The van der Waals surface area contributed by atoms with Crippen molar-refractivity contribution < 1.29 is 0 Å². The van der Waals surface area contributed by atoms with E-state index in [-0.39, 0.29) is 0 Å². The van der Waals surface area contributed by atoms with Crippen LogP contribution < -0.4 is 5.73 Å². The van der Waals surface area contributed by atoms with E-state index in [1.807, 2.05) is 18.3 Å². The molecule has 1 fully saturated rings. The number of aromatic nitrogens is 4. The Hall–Kier alpha value is -2.27. The van der Waals surface area contributed by atoms with Crippen LogP contribution in [0.15, 0.2) is 36.8 Å². The van der Waals surface area contributed by atoms with Gasteiger partial charge in [-0.05, 0) is 30.0 Å². The lowest BCUT2D eigenvalue weighted by Gasteiger charge is -2.05. The van der Waals surface area contributed by atoms with E-state index in [4.69, 9.17) is 17.3 Å². The Balaban J connectivity index is 1.70. The summed E-state index contributed by atoms with van der Waals surface area (Å²) < 4.78 is 0. The fraction of sp³-hybridized carbons (Fsp3) is 0.200. The molecule has 0 aliphatic heterocycles. The van der Waals surface area contributed by atoms with Crippen molar-refractivity contribution in [2.75, 3.05) is 5.73 Å². The zero-order chi connectivity index (χ0) is 14.4. The summed E-state index contributed by atoms with van der Waals surface area (Å²) in [4.78, 5) is 17.4. The summed E-state index contributed by atoms with van der Waals surface area (Å²) in [6.07, 6.45) is 6.45. The van der Waals surface area contributed by atoms with Crippen LogP contribution in [0.2, 0.25) is 5.15 Å². The van der Waals surface area contributed by atoms with Gasteiger partial charge in [0.15, 0.2) is 0 Å². The number of rotatable bonds is 2. The molecule has 104 valence electrons. The number of pyridine rings is 2. The van der Waals surface area contributed by atoms with Crippen molar-refractivity contribution in [2.24, 2.45) is 0 Å². The minimum Gasteiger partial charge on any atom is -0.397 e. The largest absolute Gasteiger partial charge is 0.397 e. The Morgan fingerprint density at radius 2 is 1.90 bits per heavy atom. The third-order valence-electron chi connectivity index (χ3n) is 3.80. The number of nitrogen functional groups attached to an aromatic ring is 1. The lowest BCUT2D eigenvalue weighted by Crippen LogP contribution is -1.95. The summed E-state index contributed by atoms with van der Waals surface area (Å²) in [6, 6.07) is 5.46. The number of fused-ring (bicyclic) bond motifs is 1. The first-order valence-corrected chi connectivity index (χ1v) is 7.09. The van der Waals surface area contributed by atoms with Gasteiger partial charge in [-0.25, -0.2) is 15.0 Å². The fourth-order valence-electron chi connectivity index (χ4n) is 2.67. The highest BCUT2D eigenvalue weighted by Gasteiger charge is 2.41. The van der Waals surface area contributed by atoms with E-state index in [0.717, 1.165) is 23.3 Å². The molecule has 2 atom stereocenters. The minimum absolute atomic E-state index is 0.363. The zero-order valence-corrected chi connectivity index (χ0v) is 11.8. The van der Waals surface area contributed by atoms with E-state index >= 15 is 0 Å². The topological polar surface area (TPSA) is 77.6 Å². The first-order chi connectivity index (χ1) is 10.2. The molecule has 0 amide bonds. The molecular formula is C15H12ClN5. The lowest BCUT2D eigenvalue weighted by molar-refractivity contribution is 0.892. The monoisotopic (exact) mass is 297 g/mol. The van der Waals surface area contributed by atoms with Gasteiger partial charge in [-0.3, -0.25) is 4.98 Å². The van der Waals surface area contributed by atoms with Crippen LogP contribution in [-0.4, -0.2) is 19.9 Å². The van der Waals surface area contributed by atoms with Crippen molar-refractivity contribution in [3.05, 3.63) is 53.3 Å². The molecular weight excluding hydrogens is 286 g/mol. The third-order valence-corrected chi connectivity index (χ3v) is 3.99. The van der Waals surface area contributed by atoms with Gasteiger partial charge in [0, 0.05) is 30.6 Å². The van der Waals surface area contributed by atoms with Crippen molar-refractivity contribution in [1.82, 2.24) is 19.9 Å². The highest BCUT2D eigenvalue weighted by atomic mass is 35.5. The third kappa shape index (κ3) is 2.19. The van der Waals surface area contributed by atoms with Gasteiger partial charge in [0.25, 0.3) is 0 Å². The second-order valence-electron chi connectivity index (χ2n) is 5.23. The summed E-state index contributed by atoms with van der Waals surface area (Å²) in [5.74, 6) is 1.65. The van der Waals surface area contributed by atoms with Crippen molar-refractivity contribution >= 4 is 28.3 Å². The van der Waals surface area contributed by atoms with Crippen molar-refractivity contribution in [3.8, 4) is 0 Å². The van der Waals surface area contributed by atoms with E-state index in [0.29, 0.717) is 28.2 Å². The van der Waals surface area contributed by atoms with Crippen molar-refractivity contribution in [2.45, 2.75) is 18.3 Å². The van der Waals surface area contributed by atoms with Crippen LogP contribution in [-0.2, 0) is 0 Å². The average Bonchev–Trinajstić information content (AvgIpc) is 3.28. The quantitative estimate of drug-likeness (QED) is 0.736. The zero-order valence-electron chi connectivity index (χ0n) is 11.1. The molecule has 1 aliphatic carbocycles. The molecule has 0 bridgehead atoms. The van der Waals surface area contributed by atoms with Gasteiger partial charge in [-0.1, -0.05) is 11.6 Å². The van der Waals surface area contributed by atoms with Gasteiger partial charge < -0.3 is 5.73 Å². The first-order valence-electron chi connectivity index (χ1n) is 6.71. The first kappa shape index (κ1) is 12.5. The molecule has 0 spiro atoms. The van der Waals surface area contributed by atoms with Crippen LogP contribution >= 0.6 is 11.6 Å². The standard InChI is InChI=1S/C15H12ClN5/c16-13-6-11(17)14-12(21-13)4-8(7-20-14)9-5-10(9)15-18-2-1-3-19-15/h1-4,6-7,9-10H,5H2,(H2,17,21). The Morgan fingerprint density at radius 3 is 2.71 bits per heavy atom. The lowest BCUT2D eigenvalue weighted by atomic mass is 10.1. The summed E-state index contributed by atoms with van der Waals surface area (Å²) >= 11 is 5.96. The predicted molar refractivity (Wildman–Crippen MR) is 81.1 cm³/mol. The molecule has 0 saturated heterocycles. The Kier molecular flexibility index (Phi) is 2.75. The molecule has 5 nitrogen and oxygen atoms in total. The molecule has 0 aromatic carbocycles. The normalized spacial score (nSPS) is 20.6. The predicted octanol–water partition coefficient (Wildman–Crippen LogP) is 2.93. The van der Waals surface area contributed by atoms with Gasteiger partial charge in [0.1, 0.15) is 16.5 Å².